The smallest absolute Gasteiger partial charge is 0.0935 e. The van der Waals surface area contributed by atoms with Crippen LogP contribution in [0, 0.1) is 0 Å². The van der Waals surface area contributed by atoms with Crippen LogP contribution in [0.1, 0.15) is 32.4 Å². The van der Waals surface area contributed by atoms with Crippen molar-refractivity contribution in [1.29, 1.82) is 0 Å². The van der Waals surface area contributed by atoms with Crippen molar-refractivity contribution in [2.75, 3.05) is 7.11 Å². The highest BCUT2D eigenvalue weighted by molar-refractivity contribution is 4.99. The molecule has 1 aromatic heterocycles. The topological polar surface area (TPSA) is 60.2 Å². The Hall–Kier alpha value is -0.940. The monoisotopic (exact) mass is 227 g/mol. The fraction of sp³-hybridized carbons (Fsp3) is 0.818. The van der Waals surface area contributed by atoms with Crippen LogP contribution in [0.3, 0.4) is 0 Å². The van der Waals surface area contributed by atoms with Gasteiger partial charge in [0.05, 0.1) is 17.4 Å². The number of methoxy groups -OCH3 is 1. The molecule has 1 atom stereocenters. The standard InChI is InChI=1S/C11H21N3O2/c1-5-11(6-2,16-4)10(15)7-9-8-14(3)13-12-9/h8,10,15H,5-7H2,1-4H3. The lowest BCUT2D eigenvalue weighted by Gasteiger charge is -2.34. The molecule has 5 heteroatoms. The molecule has 5 nitrogen and oxygen atoms in total. The number of ether oxygens (including phenoxy) is 1. The van der Waals surface area contributed by atoms with Gasteiger partial charge in [-0.15, -0.1) is 5.10 Å². The van der Waals surface area contributed by atoms with Crippen LogP contribution in [-0.2, 0) is 18.2 Å². The Labute approximate surface area is 96.4 Å². The van der Waals surface area contributed by atoms with Gasteiger partial charge in [0.25, 0.3) is 0 Å². The Morgan fingerprint density at radius 2 is 2.12 bits per heavy atom. The lowest BCUT2D eigenvalue weighted by atomic mass is 9.88. The highest BCUT2D eigenvalue weighted by atomic mass is 16.5. The Bertz CT molecular complexity index is 313. The van der Waals surface area contributed by atoms with E-state index in [0.29, 0.717) is 6.42 Å². The summed E-state index contributed by atoms with van der Waals surface area (Å²) in [5, 5.41) is 18.0. The molecular formula is C11H21N3O2. The maximum Gasteiger partial charge on any atom is 0.0935 e. The van der Waals surface area contributed by atoms with Gasteiger partial charge in [0.2, 0.25) is 0 Å². The number of aromatic nitrogens is 3. The van der Waals surface area contributed by atoms with Crippen LogP contribution in [0.5, 0.6) is 0 Å². The summed E-state index contributed by atoms with van der Waals surface area (Å²) in [6.07, 6.45) is 3.30. The van der Waals surface area contributed by atoms with Crippen molar-refractivity contribution < 1.29 is 9.84 Å². The van der Waals surface area contributed by atoms with Crippen molar-refractivity contribution >= 4 is 0 Å². The highest BCUT2D eigenvalue weighted by Crippen LogP contribution is 2.26. The van der Waals surface area contributed by atoms with Crippen molar-refractivity contribution in [3.05, 3.63) is 11.9 Å². The molecule has 0 spiro atoms. The summed E-state index contributed by atoms with van der Waals surface area (Å²) >= 11 is 0. The lowest BCUT2D eigenvalue weighted by Crippen LogP contribution is -2.44. The fourth-order valence-corrected chi connectivity index (χ4v) is 2.02. The molecule has 1 aromatic rings. The third-order valence-corrected chi connectivity index (χ3v) is 3.26. The zero-order chi connectivity index (χ0) is 12.2. The van der Waals surface area contributed by atoms with E-state index in [9.17, 15) is 5.11 Å². The number of aryl methyl sites for hydroxylation is 1. The van der Waals surface area contributed by atoms with Gasteiger partial charge in [-0.2, -0.15) is 0 Å². The third-order valence-electron chi connectivity index (χ3n) is 3.26. The van der Waals surface area contributed by atoms with E-state index < -0.39 is 11.7 Å². The summed E-state index contributed by atoms with van der Waals surface area (Å²) in [6, 6.07) is 0. The van der Waals surface area contributed by atoms with Crippen LogP contribution in [0.4, 0.5) is 0 Å². The highest BCUT2D eigenvalue weighted by Gasteiger charge is 2.34. The van der Waals surface area contributed by atoms with Crippen molar-refractivity contribution in [3.8, 4) is 0 Å². The number of hydrogen-bond acceptors (Lipinski definition) is 4. The molecule has 92 valence electrons. The maximum absolute atomic E-state index is 10.2. The van der Waals surface area contributed by atoms with Gasteiger partial charge in [0, 0.05) is 26.8 Å². The molecule has 0 aliphatic carbocycles. The minimum atomic E-state index is -0.552. The molecule has 0 saturated carbocycles. The van der Waals surface area contributed by atoms with Gasteiger partial charge >= 0.3 is 0 Å². The molecule has 0 amide bonds. The van der Waals surface area contributed by atoms with Crippen molar-refractivity contribution in [1.82, 2.24) is 15.0 Å². The summed E-state index contributed by atoms with van der Waals surface area (Å²) in [5.41, 5.74) is 0.315. The van der Waals surface area contributed by atoms with E-state index in [1.54, 1.807) is 11.8 Å². The number of aliphatic hydroxyl groups is 1. The number of nitrogens with zero attached hydrogens (tertiary/aromatic N) is 3. The van der Waals surface area contributed by atoms with E-state index in [1.165, 1.54) is 0 Å². The normalized spacial score (nSPS) is 14.1. The van der Waals surface area contributed by atoms with E-state index in [4.69, 9.17) is 4.74 Å². The minimum absolute atomic E-state index is 0.475. The first-order valence-electron chi connectivity index (χ1n) is 5.66. The van der Waals surface area contributed by atoms with Crippen LogP contribution in [0.2, 0.25) is 0 Å². The predicted molar refractivity (Wildman–Crippen MR) is 61.0 cm³/mol. The Morgan fingerprint density at radius 1 is 1.50 bits per heavy atom. The first-order valence-corrected chi connectivity index (χ1v) is 5.66. The SMILES string of the molecule is CCC(CC)(OC)C(O)Cc1cn(C)nn1. The molecular weight excluding hydrogens is 206 g/mol. The van der Waals surface area contributed by atoms with Crippen LogP contribution < -0.4 is 0 Å². The van der Waals surface area contributed by atoms with E-state index >= 15 is 0 Å². The summed E-state index contributed by atoms with van der Waals surface area (Å²) in [4.78, 5) is 0. The molecule has 0 aliphatic rings. The second-order valence-corrected chi connectivity index (χ2v) is 4.08. The molecule has 0 aliphatic heterocycles. The van der Waals surface area contributed by atoms with Crippen LogP contribution in [0.25, 0.3) is 0 Å². The molecule has 1 N–H and O–H groups in total. The molecule has 1 unspecified atom stereocenters. The van der Waals surface area contributed by atoms with Gasteiger partial charge < -0.3 is 9.84 Å². The van der Waals surface area contributed by atoms with Gasteiger partial charge in [-0.3, -0.25) is 4.68 Å². The molecule has 0 aromatic carbocycles. The Kier molecular flexibility index (Phi) is 4.44. The van der Waals surface area contributed by atoms with Crippen molar-refractivity contribution in [2.24, 2.45) is 7.05 Å². The van der Waals surface area contributed by atoms with Crippen molar-refractivity contribution in [3.63, 3.8) is 0 Å². The predicted octanol–water partition coefficient (Wildman–Crippen LogP) is 0.924. The van der Waals surface area contributed by atoms with Gasteiger partial charge in [0.1, 0.15) is 0 Å². The molecule has 0 bridgehead atoms. The van der Waals surface area contributed by atoms with Gasteiger partial charge in [-0.05, 0) is 12.8 Å². The Morgan fingerprint density at radius 3 is 2.50 bits per heavy atom. The van der Waals surface area contributed by atoms with Gasteiger partial charge in [-0.25, -0.2) is 0 Å². The summed E-state index contributed by atoms with van der Waals surface area (Å²) in [7, 11) is 3.46. The quantitative estimate of drug-likeness (QED) is 0.785. The lowest BCUT2D eigenvalue weighted by molar-refractivity contribution is -0.107. The minimum Gasteiger partial charge on any atom is -0.390 e. The average molecular weight is 227 g/mol. The summed E-state index contributed by atoms with van der Waals surface area (Å²) < 4.78 is 7.11. The van der Waals surface area contributed by atoms with Crippen molar-refractivity contribution in [2.45, 2.75) is 44.8 Å². The number of rotatable bonds is 6. The van der Waals surface area contributed by atoms with E-state index in [2.05, 4.69) is 10.3 Å². The summed E-state index contributed by atoms with van der Waals surface area (Å²) in [5.74, 6) is 0. The second kappa shape index (κ2) is 5.41. The van der Waals surface area contributed by atoms with E-state index in [0.717, 1.165) is 18.5 Å². The average Bonchev–Trinajstić information content (AvgIpc) is 2.67. The molecule has 0 radical (unpaired) electrons. The van der Waals surface area contributed by atoms with E-state index in [-0.39, 0.29) is 0 Å². The largest absolute Gasteiger partial charge is 0.390 e. The second-order valence-electron chi connectivity index (χ2n) is 4.08. The van der Waals surface area contributed by atoms with Crippen LogP contribution in [-0.4, -0.2) is 38.9 Å². The zero-order valence-corrected chi connectivity index (χ0v) is 10.5. The number of aliphatic hydroxyl groups excluding tert-OH is 1. The van der Waals surface area contributed by atoms with E-state index in [1.807, 2.05) is 27.1 Å². The molecule has 1 rings (SSSR count). The van der Waals surface area contributed by atoms with Gasteiger partial charge in [-0.1, -0.05) is 19.1 Å². The number of hydrogen-bond donors (Lipinski definition) is 1. The summed E-state index contributed by atoms with van der Waals surface area (Å²) in [6.45, 7) is 4.04. The van der Waals surface area contributed by atoms with Gasteiger partial charge in [0.15, 0.2) is 0 Å². The first-order chi connectivity index (χ1) is 7.57. The Balaban J connectivity index is 2.72. The molecule has 1 heterocycles. The zero-order valence-electron chi connectivity index (χ0n) is 10.5. The molecule has 16 heavy (non-hydrogen) atoms. The molecule has 0 saturated heterocycles. The van der Waals surface area contributed by atoms with Crippen LogP contribution >= 0.6 is 0 Å². The molecule has 0 fully saturated rings. The maximum atomic E-state index is 10.2. The van der Waals surface area contributed by atoms with Crippen LogP contribution in [0.15, 0.2) is 6.20 Å². The third kappa shape index (κ3) is 2.59. The first kappa shape index (κ1) is 13.1. The fourth-order valence-electron chi connectivity index (χ4n) is 2.02.